The smallest absolute Gasteiger partial charge is 0.164 e. The Morgan fingerprint density at radius 1 is 0.340 bits per heavy atom. The first-order chi connectivity index (χ1) is 36.7. The van der Waals surface area contributed by atoms with Crippen LogP contribution in [0.3, 0.4) is 0 Å². The fraction of sp³-hybridized carbons (Fsp3) is 0. The SMILES string of the molecule is [2H]c1c([2H])c([2H])c2c(oc3c([2H])c([2H])c([2H])c(-c4nc(-c5c([2H])c6c([2H])c([2H])c([2H])c([2H])c6c6oc7c([2H])c([2H])c([2H])c([2H])c7c56)nc(-c5c([2H])c6c([2H])c([2H])c([2H])c([2H])c6c6oc7c([2H])c([2H])c([2H])c([2H])c7c56)n4)c32)c1[2H]. The summed E-state index contributed by atoms with van der Waals surface area (Å²) in [7, 11) is 0. The van der Waals surface area contributed by atoms with Gasteiger partial charge in [-0.15, -0.1) is 0 Å². The number of fused-ring (bicyclic) bond motifs is 13. The van der Waals surface area contributed by atoms with Crippen LogP contribution in [0.1, 0.15) is 34.3 Å². The summed E-state index contributed by atoms with van der Waals surface area (Å²) in [6.07, 6.45) is 0. The summed E-state index contributed by atoms with van der Waals surface area (Å²) in [5.74, 6) is -2.42. The largest absolute Gasteiger partial charge is 0.456 e. The highest BCUT2D eigenvalue weighted by molar-refractivity contribution is 6.22. The minimum absolute atomic E-state index is 0.444. The fourth-order valence-electron chi connectivity index (χ4n) is 6.57. The lowest BCUT2D eigenvalue weighted by Crippen LogP contribution is -2.01. The van der Waals surface area contributed by atoms with E-state index in [9.17, 15) is 4.11 Å². The summed E-state index contributed by atoms with van der Waals surface area (Å²) in [6.45, 7) is 0. The van der Waals surface area contributed by atoms with Gasteiger partial charge in [0.1, 0.15) is 33.5 Å². The molecule has 0 saturated heterocycles. The summed E-state index contributed by atoms with van der Waals surface area (Å²) >= 11 is 0. The van der Waals surface area contributed by atoms with E-state index in [-0.39, 0.29) is 0 Å². The van der Waals surface area contributed by atoms with Gasteiger partial charge in [-0.1, -0.05) is 115 Å². The van der Waals surface area contributed by atoms with Crippen molar-refractivity contribution in [2.45, 2.75) is 0 Å². The first kappa shape index (κ1) is 13.7. The van der Waals surface area contributed by atoms with Crippen molar-refractivity contribution < 1.29 is 47.5 Å². The number of furan rings is 3. The van der Waals surface area contributed by atoms with Gasteiger partial charge in [0.2, 0.25) is 0 Å². The van der Waals surface area contributed by atoms with Crippen molar-refractivity contribution in [3.05, 3.63) is 151 Å². The molecule has 0 N–H and O–H groups in total. The van der Waals surface area contributed by atoms with E-state index in [0.717, 1.165) is 0 Å². The normalized spacial score (nSPS) is 18.8. The van der Waals surface area contributed by atoms with E-state index in [1.807, 2.05) is 0 Å². The van der Waals surface area contributed by atoms with Crippen molar-refractivity contribution in [1.29, 1.82) is 0 Å². The van der Waals surface area contributed by atoms with Gasteiger partial charge >= 0.3 is 0 Å². The monoisotopic (exact) mass is 704 g/mol. The van der Waals surface area contributed by atoms with E-state index < -0.39 is 273 Å². The lowest BCUT2D eigenvalue weighted by molar-refractivity contribution is 0.669. The first-order valence-electron chi connectivity index (χ1n) is 28.1. The molecule has 4 aromatic heterocycles. The van der Waals surface area contributed by atoms with Crippen LogP contribution in [-0.4, -0.2) is 15.0 Å². The average molecular weight is 705 g/mol. The molecule has 4 heterocycles. The van der Waals surface area contributed by atoms with E-state index in [2.05, 4.69) is 0 Å². The molecule has 0 aliphatic rings. The lowest BCUT2D eigenvalue weighted by Gasteiger charge is -2.12. The molecule has 0 spiro atoms. The molecule has 0 aliphatic heterocycles. The Balaban J connectivity index is 1.40. The molecule has 0 fully saturated rings. The zero-order valence-electron chi connectivity index (χ0n) is 51.1. The van der Waals surface area contributed by atoms with E-state index in [1.54, 1.807) is 0 Å². The standard InChI is InChI=1S/C47H25N3O3/c1-3-14-28-26(12-1)24-34(41-31-17-6-9-21-37(31)52-43(28)41)46-48-45(33-19-11-23-39-40(33)30-16-5-8-20-36(30)51-39)49-47(50-46)35-25-27-13-2-4-15-29(27)44-42(35)32-18-7-10-22-38(32)53-44/h1-25H/i1D,2D,3D,4D,5D,6D,7D,8D,9D,10D,11D,12D,13D,14D,15D,16D,17D,18D,19D,20D,21D,22D,23D,24D,25D. The third-order valence-electron chi connectivity index (χ3n) is 8.75. The number of nitrogens with zero attached hydrogens (tertiary/aromatic N) is 3. The maximum Gasteiger partial charge on any atom is 0.164 e. The molecule has 12 aromatic rings. The molecule has 53 heavy (non-hydrogen) atoms. The van der Waals surface area contributed by atoms with Crippen LogP contribution in [-0.2, 0) is 0 Å². The molecule has 0 amide bonds. The van der Waals surface area contributed by atoms with Crippen molar-refractivity contribution in [2.24, 2.45) is 0 Å². The zero-order valence-corrected chi connectivity index (χ0v) is 26.1. The van der Waals surface area contributed by atoms with Crippen LogP contribution in [0.5, 0.6) is 0 Å². The van der Waals surface area contributed by atoms with Crippen LogP contribution in [0.15, 0.2) is 164 Å². The molecule has 12 rings (SSSR count). The van der Waals surface area contributed by atoms with Crippen molar-refractivity contribution in [1.82, 2.24) is 15.0 Å². The van der Waals surface area contributed by atoms with Gasteiger partial charge in [0.15, 0.2) is 17.5 Å². The van der Waals surface area contributed by atoms with Crippen LogP contribution >= 0.6 is 0 Å². The van der Waals surface area contributed by atoms with Gasteiger partial charge in [0.25, 0.3) is 0 Å². The van der Waals surface area contributed by atoms with Crippen LogP contribution in [0, 0.1) is 0 Å². The summed E-state index contributed by atoms with van der Waals surface area (Å²) in [5, 5.41) is -4.84. The Kier molecular flexibility index (Phi) is 2.74. The Hall–Kier alpha value is -7.31. The fourth-order valence-corrected chi connectivity index (χ4v) is 6.57. The van der Waals surface area contributed by atoms with Gasteiger partial charge < -0.3 is 13.3 Å². The molecule has 246 valence electrons. The maximum absolute atomic E-state index is 9.92. The Bertz CT molecular complexity index is 4710. The third kappa shape index (κ3) is 4.06. The van der Waals surface area contributed by atoms with Gasteiger partial charge in [-0.25, -0.2) is 15.0 Å². The van der Waals surface area contributed by atoms with Gasteiger partial charge in [-0.05, 0) is 47.0 Å². The van der Waals surface area contributed by atoms with E-state index in [4.69, 9.17) is 58.4 Å². The number of para-hydroxylation sites is 3. The molecule has 0 radical (unpaired) electrons. The molecule has 0 saturated carbocycles. The Morgan fingerprint density at radius 3 is 1.26 bits per heavy atom. The van der Waals surface area contributed by atoms with Crippen LogP contribution in [0.2, 0.25) is 0 Å². The second kappa shape index (κ2) is 10.6. The van der Waals surface area contributed by atoms with E-state index in [1.165, 1.54) is 0 Å². The summed E-state index contributed by atoms with van der Waals surface area (Å²) in [6, 6.07) is -20.1. The Morgan fingerprint density at radius 2 is 0.736 bits per heavy atom. The van der Waals surface area contributed by atoms with Gasteiger partial charge in [-0.2, -0.15) is 0 Å². The van der Waals surface area contributed by atoms with E-state index >= 15 is 0 Å². The Labute approximate surface area is 335 Å². The van der Waals surface area contributed by atoms with Gasteiger partial charge in [-0.3, -0.25) is 0 Å². The summed E-state index contributed by atoms with van der Waals surface area (Å²) < 4.78 is 241. The lowest BCUT2D eigenvalue weighted by atomic mass is 9.98. The number of benzene rings is 8. The number of hydrogen-bond acceptors (Lipinski definition) is 6. The highest BCUT2D eigenvalue weighted by Gasteiger charge is 2.24. The van der Waals surface area contributed by atoms with Gasteiger partial charge in [0.05, 0.1) is 34.3 Å². The number of rotatable bonds is 3. The predicted octanol–water partition coefficient (Wildman–Crippen LogP) is 12.9. The van der Waals surface area contributed by atoms with Crippen molar-refractivity contribution in [2.75, 3.05) is 0 Å². The maximum atomic E-state index is 9.92. The third-order valence-corrected chi connectivity index (χ3v) is 8.75. The van der Waals surface area contributed by atoms with Crippen LogP contribution in [0.25, 0.3) is 122 Å². The number of aromatic nitrogens is 3. The van der Waals surface area contributed by atoms with E-state index in [0.29, 0.717) is 0 Å². The molecule has 0 aliphatic carbocycles. The molecule has 0 unspecified atom stereocenters. The molecule has 6 heteroatoms. The highest BCUT2D eigenvalue weighted by atomic mass is 16.3. The van der Waals surface area contributed by atoms with Crippen molar-refractivity contribution >= 4 is 87.4 Å². The topological polar surface area (TPSA) is 78.1 Å². The average Bonchev–Trinajstić information content (AvgIpc) is 4.34. The second-order valence-corrected chi connectivity index (χ2v) is 11.6. The van der Waals surface area contributed by atoms with Gasteiger partial charge in [0, 0.05) is 59.8 Å². The molecular weight excluding hydrogens is 655 g/mol. The quantitative estimate of drug-likeness (QED) is 0.182. The van der Waals surface area contributed by atoms with Crippen molar-refractivity contribution in [3.63, 3.8) is 0 Å². The van der Waals surface area contributed by atoms with Crippen molar-refractivity contribution in [3.8, 4) is 34.2 Å². The first-order valence-corrected chi connectivity index (χ1v) is 15.6. The minimum atomic E-state index is -0.899. The number of hydrogen-bond donors (Lipinski definition) is 0. The molecule has 0 bridgehead atoms. The van der Waals surface area contributed by atoms with Crippen LogP contribution < -0.4 is 0 Å². The minimum Gasteiger partial charge on any atom is -0.456 e. The summed E-state index contributed by atoms with van der Waals surface area (Å²) in [5.41, 5.74) is -5.23. The molecule has 8 aromatic carbocycles. The summed E-state index contributed by atoms with van der Waals surface area (Å²) in [4.78, 5) is 14.1. The highest BCUT2D eigenvalue weighted by Crippen LogP contribution is 2.44. The predicted molar refractivity (Wildman–Crippen MR) is 213 cm³/mol. The molecule has 0 atom stereocenters. The van der Waals surface area contributed by atoms with Crippen LogP contribution in [0.4, 0.5) is 0 Å². The second-order valence-electron chi connectivity index (χ2n) is 11.6. The zero-order chi connectivity index (χ0) is 56.4. The molecular formula is C47H25N3O3. The molecule has 6 nitrogen and oxygen atoms in total.